The van der Waals surface area contributed by atoms with Crippen LogP contribution in [-0.2, 0) is 0 Å². The molecule has 1 amide bonds. The molecule has 1 N–H and O–H groups in total. The first-order chi connectivity index (χ1) is 14.0. The van der Waals surface area contributed by atoms with Crippen LogP contribution < -0.4 is 10.1 Å². The highest BCUT2D eigenvalue weighted by Gasteiger charge is 2.18. The van der Waals surface area contributed by atoms with E-state index in [0.29, 0.717) is 22.8 Å². The molecule has 0 bridgehead atoms. The van der Waals surface area contributed by atoms with Gasteiger partial charge < -0.3 is 14.6 Å². The van der Waals surface area contributed by atoms with Crippen LogP contribution in [0.25, 0.3) is 10.6 Å². The Kier molecular flexibility index (Phi) is 5.05. The molecule has 0 saturated heterocycles. The summed E-state index contributed by atoms with van der Waals surface area (Å²) in [4.78, 5) is 21.8. The molecule has 0 saturated carbocycles. The van der Waals surface area contributed by atoms with Crippen LogP contribution in [0.2, 0.25) is 0 Å². The second-order valence-corrected chi connectivity index (χ2v) is 7.04. The van der Waals surface area contributed by atoms with Gasteiger partial charge in [-0.1, -0.05) is 23.4 Å². The Labute approximate surface area is 169 Å². The number of nitrogens with one attached hydrogen (secondary N) is 1. The number of rotatable bonds is 5. The van der Waals surface area contributed by atoms with Gasteiger partial charge in [0, 0.05) is 6.07 Å². The fraction of sp³-hybridized carbons (Fsp3) is 0.100. The highest BCUT2D eigenvalue weighted by molar-refractivity contribution is 7.13. The molecule has 4 rings (SSSR count). The number of benzene rings is 1. The number of carbonyl (C=O) groups excluding carboxylic acids is 1. The molecule has 4 aromatic rings. The number of ether oxygens (including phenoxy) is 1. The van der Waals surface area contributed by atoms with Crippen LogP contribution in [0, 0.1) is 19.7 Å². The van der Waals surface area contributed by atoms with E-state index in [-0.39, 0.29) is 17.5 Å². The van der Waals surface area contributed by atoms with Gasteiger partial charge in [-0.25, -0.2) is 4.39 Å². The fourth-order valence-corrected chi connectivity index (χ4v) is 3.31. The van der Waals surface area contributed by atoms with E-state index in [1.54, 1.807) is 32.0 Å². The summed E-state index contributed by atoms with van der Waals surface area (Å²) in [5.74, 6) is -0.430. The van der Waals surface area contributed by atoms with E-state index < -0.39 is 11.7 Å². The molecule has 0 fully saturated rings. The summed E-state index contributed by atoms with van der Waals surface area (Å²) in [5, 5.41) is 8.48. The number of anilines is 1. The van der Waals surface area contributed by atoms with Crippen molar-refractivity contribution in [3.05, 3.63) is 70.7 Å². The zero-order valence-electron chi connectivity index (χ0n) is 15.5. The number of hydrogen-bond donors (Lipinski definition) is 1. The molecule has 146 valence electrons. The van der Waals surface area contributed by atoms with Crippen molar-refractivity contribution >= 4 is 22.9 Å². The predicted molar refractivity (Wildman–Crippen MR) is 106 cm³/mol. The number of nitrogens with zero attached hydrogens (tertiary/aromatic N) is 3. The van der Waals surface area contributed by atoms with Crippen molar-refractivity contribution in [3.8, 4) is 22.4 Å². The van der Waals surface area contributed by atoms with Crippen LogP contribution >= 0.6 is 11.3 Å². The lowest BCUT2D eigenvalue weighted by Gasteiger charge is -2.12. The topological polar surface area (TPSA) is 90.1 Å². The average Bonchev–Trinajstić information content (AvgIpc) is 3.38. The van der Waals surface area contributed by atoms with Crippen LogP contribution in [0.4, 0.5) is 10.1 Å². The van der Waals surface area contributed by atoms with Crippen LogP contribution in [-0.4, -0.2) is 21.0 Å². The van der Waals surface area contributed by atoms with E-state index in [1.165, 1.54) is 23.5 Å². The highest BCUT2D eigenvalue weighted by Crippen LogP contribution is 2.27. The van der Waals surface area contributed by atoms with E-state index in [4.69, 9.17) is 9.26 Å². The molecule has 3 aromatic heterocycles. The van der Waals surface area contributed by atoms with Crippen molar-refractivity contribution in [2.75, 3.05) is 5.32 Å². The molecule has 0 radical (unpaired) electrons. The Morgan fingerprint density at radius 2 is 1.90 bits per heavy atom. The van der Waals surface area contributed by atoms with Crippen molar-refractivity contribution in [1.82, 2.24) is 15.1 Å². The van der Waals surface area contributed by atoms with Crippen molar-refractivity contribution < 1.29 is 18.4 Å². The normalized spacial score (nSPS) is 10.7. The molecular weight excluding hydrogens is 395 g/mol. The monoisotopic (exact) mass is 410 g/mol. The van der Waals surface area contributed by atoms with Gasteiger partial charge in [0.1, 0.15) is 0 Å². The maximum Gasteiger partial charge on any atom is 0.322 e. The Morgan fingerprint density at radius 1 is 1.14 bits per heavy atom. The zero-order chi connectivity index (χ0) is 20.4. The van der Waals surface area contributed by atoms with Gasteiger partial charge in [-0.15, -0.1) is 11.3 Å². The third-order valence-electron chi connectivity index (χ3n) is 4.03. The number of halogens is 1. The number of hydrogen-bond acceptors (Lipinski definition) is 7. The lowest BCUT2D eigenvalue weighted by Crippen LogP contribution is -2.15. The average molecular weight is 410 g/mol. The first-order valence-corrected chi connectivity index (χ1v) is 9.49. The molecule has 0 aliphatic carbocycles. The standard InChI is InChI=1S/C20H15FN4O3S/c1-11-18(12(2)23-20(22-11)27-15-7-4-3-6-13(15)21)24-19(26)14-10-16(28-25-14)17-8-5-9-29-17/h3-10H,1-2H3,(H,24,26). The lowest BCUT2D eigenvalue weighted by atomic mass is 10.2. The number of aryl methyl sites for hydroxylation is 2. The Morgan fingerprint density at radius 3 is 2.59 bits per heavy atom. The largest absolute Gasteiger partial charge is 0.421 e. The molecule has 1 aromatic carbocycles. The minimum Gasteiger partial charge on any atom is -0.421 e. The maximum absolute atomic E-state index is 13.8. The molecule has 0 atom stereocenters. The smallest absolute Gasteiger partial charge is 0.322 e. The molecule has 0 unspecified atom stereocenters. The zero-order valence-corrected chi connectivity index (χ0v) is 16.3. The summed E-state index contributed by atoms with van der Waals surface area (Å²) in [7, 11) is 0. The molecule has 3 heterocycles. The van der Waals surface area contributed by atoms with Gasteiger partial charge in [-0.05, 0) is 37.4 Å². The van der Waals surface area contributed by atoms with Crippen LogP contribution in [0.5, 0.6) is 11.8 Å². The molecule has 0 aliphatic rings. The number of para-hydroxylation sites is 1. The summed E-state index contributed by atoms with van der Waals surface area (Å²) in [6, 6.07) is 11.3. The lowest BCUT2D eigenvalue weighted by molar-refractivity contribution is 0.101. The second-order valence-electron chi connectivity index (χ2n) is 6.09. The quantitative estimate of drug-likeness (QED) is 0.498. The minimum absolute atomic E-state index is 0.00971. The predicted octanol–water partition coefficient (Wildman–Crippen LogP) is 4.99. The molecule has 9 heteroatoms. The van der Waals surface area contributed by atoms with Crippen molar-refractivity contribution in [1.29, 1.82) is 0 Å². The summed E-state index contributed by atoms with van der Waals surface area (Å²) in [5.41, 5.74) is 1.51. The summed E-state index contributed by atoms with van der Waals surface area (Å²) in [6.07, 6.45) is 0. The van der Waals surface area contributed by atoms with E-state index >= 15 is 0 Å². The highest BCUT2D eigenvalue weighted by atomic mass is 32.1. The molecule has 7 nitrogen and oxygen atoms in total. The Bertz CT molecular complexity index is 1150. The van der Waals surface area contributed by atoms with E-state index in [9.17, 15) is 9.18 Å². The third-order valence-corrected chi connectivity index (χ3v) is 4.92. The molecule has 0 aliphatic heterocycles. The van der Waals surface area contributed by atoms with Gasteiger partial charge in [0.15, 0.2) is 23.0 Å². The van der Waals surface area contributed by atoms with E-state index in [1.807, 2.05) is 17.5 Å². The number of carbonyl (C=O) groups is 1. The minimum atomic E-state index is -0.517. The number of aromatic nitrogens is 3. The van der Waals surface area contributed by atoms with Crippen molar-refractivity contribution in [2.24, 2.45) is 0 Å². The Hall–Kier alpha value is -3.59. The van der Waals surface area contributed by atoms with Crippen molar-refractivity contribution in [2.45, 2.75) is 13.8 Å². The summed E-state index contributed by atoms with van der Waals surface area (Å²) < 4.78 is 24.4. The van der Waals surface area contributed by atoms with Crippen LogP contribution in [0.3, 0.4) is 0 Å². The third kappa shape index (κ3) is 3.99. The maximum atomic E-state index is 13.8. The van der Waals surface area contributed by atoms with Crippen LogP contribution in [0.15, 0.2) is 52.4 Å². The first kappa shape index (κ1) is 18.8. The molecule has 29 heavy (non-hydrogen) atoms. The van der Waals surface area contributed by atoms with Crippen LogP contribution in [0.1, 0.15) is 21.9 Å². The molecular formula is C20H15FN4O3S. The summed E-state index contributed by atoms with van der Waals surface area (Å²) >= 11 is 1.49. The van der Waals surface area contributed by atoms with Gasteiger partial charge in [0.2, 0.25) is 0 Å². The van der Waals surface area contributed by atoms with Gasteiger partial charge in [-0.2, -0.15) is 9.97 Å². The second kappa shape index (κ2) is 7.80. The van der Waals surface area contributed by atoms with Gasteiger partial charge >= 0.3 is 6.01 Å². The fourth-order valence-electron chi connectivity index (χ4n) is 2.63. The van der Waals surface area contributed by atoms with E-state index in [2.05, 4.69) is 20.4 Å². The van der Waals surface area contributed by atoms with Gasteiger partial charge in [0.05, 0.1) is 22.0 Å². The molecule has 0 spiro atoms. The first-order valence-electron chi connectivity index (χ1n) is 8.61. The number of thiophene rings is 1. The Balaban J connectivity index is 1.53. The summed E-state index contributed by atoms with van der Waals surface area (Å²) in [6.45, 7) is 3.39. The van der Waals surface area contributed by atoms with Crippen molar-refractivity contribution in [3.63, 3.8) is 0 Å². The SMILES string of the molecule is Cc1nc(Oc2ccccc2F)nc(C)c1NC(=O)c1cc(-c2cccs2)on1. The van der Waals surface area contributed by atoms with Gasteiger partial charge in [0.25, 0.3) is 5.91 Å². The number of amides is 1. The van der Waals surface area contributed by atoms with Gasteiger partial charge in [-0.3, -0.25) is 4.79 Å². The van der Waals surface area contributed by atoms with E-state index in [0.717, 1.165) is 4.88 Å².